The Morgan fingerprint density at radius 1 is 0.762 bits per heavy atom. The number of halogens is 3. The summed E-state index contributed by atoms with van der Waals surface area (Å²) in [5.41, 5.74) is 1.52. The highest BCUT2D eigenvalue weighted by atomic mass is 35.5. The van der Waals surface area contributed by atoms with Gasteiger partial charge < -0.3 is 9.47 Å². The number of benzene rings is 2. The minimum absolute atomic E-state index is 0.509. The van der Waals surface area contributed by atoms with Crippen molar-refractivity contribution in [3.8, 4) is 11.5 Å². The smallest absolute Gasteiger partial charge is 0.121 e. The van der Waals surface area contributed by atoms with Crippen molar-refractivity contribution in [2.75, 3.05) is 14.2 Å². The van der Waals surface area contributed by atoms with Gasteiger partial charge in [-0.3, -0.25) is 0 Å². The fourth-order valence-electron chi connectivity index (χ4n) is 1.79. The average Bonchev–Trinajstić information content (AvgIpc) is 2.47. The number of ether oxygens (including phenoxy) is 2. The van der Waals surface area contributed by atoms with E-state index in [2.05, 4.69) is 0 Å². The van der Waals surface area contributed by atoms with E-state index in [1.54, 1.807) is 38.5 Å². The zero-order valence-electron chi connectivity index (χ0n) is 11.5. The van der Waals surface area contributed by atoms with Crippen molar-refractivity contribution in [3.63, 3.8) is 0 Å². The summed E-state index contributed by atoms with van der Waals surface area (Å²) in [5.74, 6) is 1.34. The molecule has 0 fully saturated rings. The molecule has 0 N–H and O–H groups in total. The molecule has 0 aromatic heterocycles. The summed E-state index contributed by atoms with van der Waals surface area (Å²) in [6, 6.07) is 8.83. The van der Waals surface area contributed by atoms with Gasteiger partial charge in [-0.05, 0) is 35.9 Å². The maximum Gasteiger partial charge on any atom is 0.121 e. The van der Waals surface area contributed by atoms with Crippen molar-refractivity contribution in [2.45, 2.75) is 0 Å². The van der Waals surface area contributed by atoms with Crippen molar-refractivity contribution in [1.29, 1.82) is 0 Å². The molecule has 0 amide bonds. The fraction of sp³-hybridized carbons (Fsp3) is 0.125. The van der Waals surface area contributed by atoms with Crippen molar-refractivity contribution in [2.24, 2.45) is 0 Å². The molecule has 0 unspecified atom stereocenters. The summed E-state index contributed by atoms with van der Waals surface area (Å²) >= 11 is 18.6. The molecular formula is C16H13Cl3O2. The Labute approximate surface area is 138 Å². The predicted molar refractivity (Wildman–Crippen MR) is 89.9 cm³/mol. The van der Waals surface area contributed by atoms with Crippen LogP contribution in [0.4, 0.5) is 0 Å². The third-order valence-electron chi connectivity index (χ3n) is 2.92. The van der Waals surface area contributed by atoms with E-state index < -0.39 is 0 Å². The summed E-state index contributed by atoms with van der Waals surface area (Å²) in [5, 5.41) is 1.64. The lowest BCUT2D eigenvalue weighted by Gasteiger charge is -2.07. The molecule has 0 heterocycles. The molecule has 110 valence electrons. The summed E-state index contributed by atoms with van der Waals surface area (Å²) in [6.45, 7) is 0. The normalized spacial score (nSPS) is 10.9. The first kappa shape index (κ1) is 16.0. The molecule has 21 heavy (non-hydrogen) atoms. The summed E-state index contributed by atoms with van der Waals surface area (Å²) in [4.78, 5) is 0. The van der Waals surface area contributed by atoms with Crippen LogP contribution in [0.5, 0.6) is 11.5 Å². The highest BCUT2D eigenvalue weighted by Gasteiger charge is 2.07. The van der Waals surface area contributed by atoms with E-state index in [4.69, 9.17) is 44.3 Å². The van der Waals surface area contributed by atoms with Crippen LogP contribution in [0.25, 0.3) is 12.2 Å². The molecule has 2 nitrogen and oxygen atoms in total. The van der Waals surface area contributed by atoms with Gasteiger partial charge >= 0.3 is 0 Å². The summed E-state index contributed by atoms with van der Waals surface area (Å²) in [6.07, 6.45) is 3.65. The van der Waals surface area contributed by atoms with Crippen LogP contribution in [0.15, 0.2) is 30.3 Å². The van der Waals surface area contributed by atoms with Crippen LogP contribution in [0.1, 0.15) is 11.1 Å². The third-order valence-corrected chi connectivity index (χ3v) is 3.89. The monoisotopic (exact) mass is 342 g/mol. The molecule has 2 aromatic rings. The van der Waals surface area contributed by atoms with E-state index >= 15 is 0 Å². The van der Waals surface area contributed by atoms with Gasteiger partial charge in [0.2, 0.25) is 0 Å². The number of hydrogen-bond acceptors (Lipinski definition) is 2. The van der Waals surface area contributed by atoms with Gasteiger partial charge in [0.15, 0.2) is 0 Å². The Kier molecular flexibility index (Phi) is 5.40. The Balaban J connectivity index is 2.38. The highest BCUT2D eigenvalue weighted by molar-refractivity contribution is 6.37. The Bertz CT molecular complexity index is 658. The lowest BCUT2D eigenvalue weighted by atomic mass is 10.1. The molecule has 0 saturated heterocycles. The van der Waals surface area contributed by atoms with Gasteiger partial charge in [-0.25, -0.2) is 0 Å². The first-order valence-corrected chi connectivity index (χ1v) is 7.23. The molecule has 5 heteroatoms. The van der Waals surface area contributed by atoms with Gasteiger partial charge in [-0.1, -0.05) is 47.0 Å². The van der Waals surface area contributed by atoms with Crippen molar-refractivity contribution < 1.29 is 9.47 Å². The van der Waals surface area contributed by atoms with E-state index in [0.29, 0.717) is 26.4 Å². The molecule has 0 aliphatic carbocycles. The molecule has 0 radical (unpaired) electrons. The molecular weight excluding hydrogens is 331 g/mol. The SMILES string of the molecule is COc1cc(Cl)c(/C=C/c2cc(OC)ccc2Cl)c(Cl)c1. The Morgan fingerprint density at radius 2 is 1.38 bits per heavy atom. The Hall–Kier alpha value is -1.35. The summed E-state index contributed by atoms with van der Waals surface area (Å²) in [7, 11) is 3.17. The van der Waals surface area contributed by atoms with Crippen molar-refractivity contribution >= 4 is 47.0 Å². The standard InChI is InChI=1S/C16H13Cl3O2/c1-20-11-4-6-14(17)10(7-11)3-5-13-15(18)8-12(21-2)9-16(13)19/h3-9H,1-2H3/b5-3+. The number of hydrogen-bond donors (Lipinski definition) is 0. The zero-order valence-corrected chi connectivity index (χ0v) is 13.8. The lowest BCUT2D eigenvalue weighted by molar-refractivity contribution is 0.414. The highest BCUT2D eigenvalue weighted by Crippen LogP contribution is 2.32. The Morgan fingerprint density at radius 3 is 1.95 bits per heavy atom. The maximum atomic E-state index is 6.20. The minimum atomic E-state index is 0.509. The zero-order chi connectivity index (χ0) is 15.4. The molecule has 2 rings (SSSR count). The van der Waals surface area contributed by atoms with Crippen LogP contribution in [0, 0.1) is 0 Å². The molecule has 0 aliphatic heterocycles. The number of methoxy groups -OCH3 is 2. The second-order valence-corrected chi connectivity index (χ2v) is 5.45. The van der Waals surface area contributed by atoms with Crippen LogP contribution in [0.3, 0.4) is 0 Å². The van der Waals surface area contributed by atoms with Gasteiger partial charge in [-0.15, -0.1) is 0 Å². The van der Waals surface area contributed by atoms with E-state index in [1.165, 1.54) is 0 Å². The van der Waals surface area contributed by atoms with E-state index in [0.717, 1.165) is 11.3 Å². The van der Waals surface area contributed by atoms with Crippen LogP contribution in [-0.2, 0) is 0 Å². The first-order valence-electron chi connectivity index (χ1n) is 6.10. The van der Waals surface area contributed by atoms with E-state index in [-0.39, 0.29) is 0 Å². The third kappa shape index (κ3) is 3.85. The average molecular weight is 344 g/mol. The fourth-order valence-corrected chi connectivity index (χ4v) is 2.56. The van der Waals surface area contributed by atoms with Gasteiger partial charge in [0.25, 0.3) is 0 Å². The lowest BCUT2D eigenvalue weighted by Crippen LogP contribution is -1.86. The van der Waals surface area contributed by atoms with Crippen LogP contribution >= 0.6 is 34.8 Å². The van der Waals surface area contributed by atoms with Crippen LogP contribution in [0.2, 0.25) is 15.1 Å². The first-order chi connectivity index (χ1) is 10.0. The topological polar surface area (TPSA) is 18.5 Å². The predicted octanol–water partition coefficient (Wildman–Crippen LogP) is 5.83. The van der Waals surface area contributed by atoms with Gasteiger partial charge in [0, 0.05) is 10.6 Å². The second-order valence-electron chi connectivity index (χ2n) is 4.23. The molecule has 0 saturated carbocycles. The number of rotatable bonds is 4. The maximum absolute atomic E-state index is 6.20. The quantitative estimate of drug-likeness (QED) is 0.650. The van der Waals surface area contributed by atoms with Gasteiger partial charge in [0.1, 0.15) is 11.5 Å². The van der Waals surface area contributed by atoms with E-state index in [9.17, 15) is 0 Å². The van der Waals surface area contributed by atoms with Crippen LogP contribution in [-0.4, -0.2) is 14.2 Å². The largest absolute Gasteiger partial charge is 0.497 e. The van der Waals surface area contributed by atoms with Crippen molar-refractivity contribution in [1.82, 2.24) is 0 Å². The second kappa shape index (κ2) is 7.08. The molecule has 2 aromatic carbocycles. The molecule has 0 aliphatic rings. The molecule has 0 atom stereocenters. The van der Waals surface area contributed by atoms with Gasteiger partial charge in [-0.2, -0.15) is 0 Å². The van der Waals surface area contributed by atoms with Crippen molar-refractivity contribution in [3.05, 3.63) is 56.5 Å². The van der Waals surface area contributed by atoms with Gasteiger partial charge in [0.05, 0.1) is 24.3 Å². The molecule has 0 bridgehead atoms. The van der Waals surface area contributed by atoms with E-state index in [1.807, 2.05) is 18.2 Å². The molecule has 0 spiro atoms. The van der Waals surface area contributed by atoms with Crippen LogP contribution < -0.4 is 9.47 Å². The summed E-state index contributed by atoms with van der Waals surface area (Å²) < 4.78 is 10.3. The minimum Gasteiger partial charge on any atom is -0.497 e.